The van der Waals surface area contributed by atoms with Gasteiger partial charge in [-0.25, -0.2) is 4.98 Å². The standard InChI is InChI=1S/C8H12N2OS/c9-3-6-8(5-1-2-5)10-7(4-11)12-6/h5,11H,1-4,9H2. The van der Waals surface area contributed by atoms with Crippen molar-refractivity contribution in [2.24, 2.45) is 5.73 Å². The summed E-state index contributed by atoms with van der Waals surface area (Å²) < 4.78 is 0. The third-order valence-electron chi connectivity index (χ3n) is 2.06. The Balaban J connectivity index is 2.29. The fourth-order valence-electron chi connectivity index (χ4n) is 1.30. The van der Waals surface area contributed by atoms with Crippen molar-refractivity contribution >= 4 is 11.3 Å². The molecule has 1 aromatic rings. The summed E-state index contributed by atoms with van der Waals surface area (Å²) in [6.07, 6.45) is 2.48. The summed E-state index contributed by atoms with van der Waals surface area (Å²) in [4.78, 5) is 5.50. The monoisotopic (exact) mass is 184 g/mol. The number of aliphatic hydroxyl groups is 1. The van der Waals surface area contributed by atoms with Gasteiger partial charge in [-0.3, -0.25) is 0 Å². The van der Waals surface area contributed by atoms with E-state index in [-0.39, 0.29) is 6.61 Å². The van der Waals surface area contributed by atoms with E-state index >= 15 is 0 Å². The topological polar surface area (TPSA) is 59.1 Å². The van der Waals surface area contributed by atoms with Crippen LogP contribution in [0.15, 0.2) is 0 Å². The second kappa shape index (κ2) is 3.12. The van der Waals surface area contributed by atoms with Crippen LogP contribution in [-0.2, 0) is 13.2 Å². The van der Waals surface area contributed by atoms with Crippen molar-refractivity contribution in [3.05, 3.63) is 15.6 Å². The van der Waals surface area contributed by atoms with Gasteiger partial charge in [0.05, 0.1) is 12.3 Å². The molecule has 3 N–H and O–H groups in total. The quantitative estimate of drug-likeness (QED) is 0.736. The van der Waals surface area contributed by atoms with Gasteiger partial charge < -0.3 is 10.8 Å². The second-order valence-corrected chi connectivity index (χ2v) is 4.22. The average molecular weight is 184 g/mol. The zero-order chi connectivity index (χ0) is 8.55. The van der Waals surface area contributed by atoms with Crippen molar-refractivity contribution in [3.8, 4) is 0 Å². The summed E-state index contributed by atoms with van der Waals surface area (Å²) in [6.45, 7) is 0.605. The number of hydrogen-bond donors (Lipinski definition) is 2. The number of nitrogens with two attached hydrogens (primary N) is 1. The van der Waals surface area contributed by atoms with Gasteiger partial charge in [0.1, 0.15) is 5.01 Å². The van der Waals surface area contributed by atoms with Gasteiger partial charge in [-0.2, -0.15) is 0 Å². The molecule has 0 unspecified atom stereocenters. The molecule has 0 aliphatic heterocycles. The molecule has 12 heavy (non-hydrogen) atoms. The molecule has 0 spiro atoms. The molecule has 1 fully saturated rings. The average Bonchev–Trinajstić information content (AvgIpc) is 2.85. The molecule has 3 nitrogen and oxygen atoms in total. The number of thiazole rings is 1. The molecule has 1 aliphatic rings. The highest BCUT2D eigenvalue weighted by atomic mass is 32.1. The largest absolute Gasteiger partial charge is 0.389 e. The fraction of sp³-hybridized carbons (Fsp3) is 0.625. The minimum Gasteiger partial charge on any atom is -0.389 e. The lowest BCUT2D eigenvalue weighted by atomic mass is 10.2. The van der Waals surface area contributed by atoms with Crippen LogP contribution >= 0.6 is 11.3 Å². The number of aliphatic hydroxyl groups excluding tert-OH is 1. The molecule has 1 aliphatic carbocycles. The highest BCUT2D eigenvalue weighted by molar-refractivity contribution is 7.11. The lowest BCUT2D eigenvalue weighted by molar-refractivity contribution is 0.281. The SMILES string of the molecule is NCc1sc(CO)nc1C1CC1. The summed E-state index contributed by atoms with van der Waals surface area (Å²) in [7, 11) is 0. The number of nitrogens with zero attached hydrogens (tertiary/aromatic N) is 1. The van der Waals surface area contributed by atoms with Gasteiger partial charge in [-0.15, -0.1) is 11.3 Å². The van der Waals surface area contributed by atoms with Crippen molar-refractivity contribution in [1.82, 2.24) is 4.98 Å². The predicted octanol–water partition coefficient (Wildman–Crippen LogP) is 0.972. The Morgan fingerprint density at radius 1 is 1.58 bits per heavy atom. The summed E-state index contributed by atoms with van der Waals surface area (Å²) in [5.41, 5.74) is 6.72. The zero-order valence-corrected chi connectivity index (χ0v) is 7.60. The van der Waals surface area contributed by atoms with E-state index < -0.39 is 0 Å². The zero-order valence-electron chi connectivity index (χ0n) is 6.79. The summed E-state index contributed by atoms with van der Waals surface area (Å²) in [5.74, 6) is 0.639. The first-order valence-electron chi connectivity index (χ1n) is 4.14. The van der Waals surface area contributed by atoms with Gasteiger partial charge in [-0.05, 0) is 12.8 Å². The third kappa shape index (κ3) is 1.37. The van der Waals surface area contributed by atoms with Crippen molar-refractivity contribution in [1.29, 1.82) is 0 Å². The van der Waals surface area contributed by atoms with Gasteiger partial charge in [0, 0.05) is 17.3 Å². The van der Waals surface area contributed by atoms with Crippen LogP contribution < -0.4 is 5.73 Å². The summed E-state index contributed by atoms with van der Waals surface area (Å²) >= 11 is 1.54. The van der Waals surface area contributed by atoms with Crippen molar-refractivity contribution in [3.63, 3.8) is 0 Å². The third-order valence-corrected chi connectivity index (χ3v) is 3.13. The molecule has 0 amide bonds. The van der Waals surface area contributed by atoms with Crippen LogP contribution in [0.4, 0.5) is 0 Å². The maximum absolute atomic E-state index is 8.88. The van der Waals surface area contributed by atoms with E-state index in [2.05, 4.69) is 4.98 Å². The summed E-state index contributed by atoms with van der Waals surface area (Å²) in [5, 5.41) is 9.68. The van der Waals surface area contributed by atoms with E-state index in [9.17, 15) is 0 Å². The van der Waals surface area contributed by atoms with E-state index in [1.165, 1.54) is 12.8 Å². The van der Waals surface area contributed by atoms with E-state index in [0.29, 0.717) is 12.5 Å². The molecule has 0 aromatic carbocycles. The Hall–Kier alpha value is -0.450. The maximum Gasteiger partial charge on any atom is 0.119 e. The minimum atomic E-state index is 0.0460. The Bertz CT molecular complexity index is 281. The molecule has 1 heterocycles. The van der Waals surface area contributed by atoms with Gasteiger partial charge in [0.2, 0.25) is 0 Å². The first-order valence-corrected chi connectivity index (χ1v) is 4.96. The minimum absolute atomic E-state index is 0.0460. The molecule has 1 aromatic heterocycles. The molecule has 0 radical (unpaired) electrons. The van der Waals surface area contributed by atoms with Crippen LogP contribution in [0, 0.1) is 0 Å². The molecule has 4 heteroatoms. The van der Waals surface area contributed by atoms with E-state index in [1.807, 2.05) is 0 Å². The molecule has 0 bridgehead atoms. The van der Waals surface area contributed by atoms with Crippen LogP contribution in [0.3, 0.4) is 0 Å². The molecular weight excluding hydrogens is 172 g/mol. The van der Waals surface area contributed by atoms with Crippen LogP contribution in [0.25, 0.3) is 0 Å². The van der Waals surface area contributed by atoms with Crippen LogP contribution in [0.5, 0.6) is 0 Å². The second-order valence-electron chi connectivity index (χ2n) is 3.05. The molecule has 1 saturated carbocycles. The number of hydrogen-bond acceptors (Lipinski definition) is 4. The van der Waals surface area contributed by atoms with Gasteiger partial charge in [0.15, 0.2) is 0 Å². The first-order chi connectivity index (χ1) is 5.85. The van der Waals surface area contributed by atoms with Gasteiger partial charge in [0.25, 0.3) is 0 Å². The van der Waals surface area contributed by atoms with Crippen LogP contribution in [0.2, 0.25) is 0 Å². The van der Waals surface area contributed by atoms with Crippen molar-refractivity contribution < 1.29 is 5.11 Å². The normalized spacial score (nSPS) is 16.8. The smallest absolute Gasteiger partial charge is 0.119 e. The maximum atomic E-state index is 8.88. The predicted molar refractivity (Wildman–Crippen MR) is 47.9 cm³/mol. The Labute approximate surface area is 75.2 Å². The summed E-state index contributed by atoms with van der Waals surface area (Å²) in [6, 6.07) is 0. The first kappa shape index (κ1) is 8.16. The molecule has 2 rings (SSSR count). The molecule has 0 atom stereocenters. The van der Waals surface area contributed by atoms with Gasteiger partial charge >= 0.3 is 0 Å². The molecular formula is C8H12N2OS. The van der Waals surface area contributed by atoms with Crippen molar-refractivity contribution in [2.45, 2.75) is 31.9 Å². The highest BCUT2D eigenvalue weighted by Crippen LogP contribution is 2.42. The van der Waals surface area contributed by atoms with E-state index in [1.54, 1.807) is 11.3 Å². The Morgan fingerprint density at radius 3 is 2.83 bits per heavy atom. The number of rotatable bonds is 3. The fourth-order valence-corrected chi connectivity index (χ4v) is 2.20. The Morgan fingerprint density at radius 2 is 2.33 bits per heavy atom. The van der Waals surface area contributed by atoms with Crippen LogP contribution in [0.1, 0.15) is 34.3 Å². The lowest BCUT2D eigenvalue weighted by Crippen LogP contribution is -1.96. The van der Waals surface area contributed by atoms with Gasteiger partial charge in [-0.1, -0.05) is 0 Å². The molecule has 0 saturated heterocycles. The lowest BCUT2D eigenvalue weighted by Gasteiger charge is -1.93. The highest BCUT2D eigenvalue weighted by Gasteiger charge is 2.28. The Kier molecular flexibility index (Phi) is 2.12. The van der Waals surface area contributed by atoms with E-state index in [0.717, 1.165) is 15.6 Å². The van der Waals surface area contributed by atoms with Crippen LogP contribution in [-0.4, -0.2) is 10.1 Å². The number of aromatic nitrogens is 1. The van der Waals surface area contributed by atoms with Crippen molar-refractivity contribution in [2.75, 3.05) is 0 Å². The van der Waals surface area contributed by atoms with E-state index in [4.69, 9.17) is 10.8 Å². The molecule has 66 valence electrons.